The van der Waals surface area contributed by atoms with E-state index in [1.807, 2.05) is 13.8 Å². The largest absolute Gasteiger partial charge is 0.481 e. The van der Waals surface area contributed by atoms with Gasteiger partial charge in [0.25, 0.3) is 0 Å². The number of carboxylic acid groups (broad SMARTS) is 1. The van der Waals surface area contributed by atoms with E-state index in [0.29, 0.717) is 6.61 Å². The molecule has 0 heterocycles. The first-order valence-electron chi connectivity index (χ1n) is 3.96. The highest BCUT2D eigenvalue weighted by molar-refractivity contribution is 5.66. The molecule has 3 heteroatoms. The molecule has 66 valence electrons. The van der Waals surface area contributed by atoms with E-state index in [2.05, 4.69) is 0 Å². The zero-order valence-corrected chi connectivity index (χ0v) is 7.17. The molecule has 0 fully saturated rings. The summed E-state index contributed by atoms with van der Waals surface area (Å²) in [7, 11) is 0. The molecule has 1 N–H and O–H groups in total. The van der Waals surface area contributed by atoms with Crippen LogP contribution < -0.4 is 0 Å². The highest BCUT2D eigenvalue weighted by atomic mass is 16.5. The fourth-order valence-electron chi connectivity index (χ4n) is 0.786. The zero-order valence-electron chi connectivity index (χ0n) is 7.17. The van der Waals surface area contributed by atoms with Gasteiger partial charge in [-0.15, -0.1) is 0 Å². The summed E-state index contributed by atoms with van der Waals surface area (Å²) in [6, 6.07) is 0. The predicted octanol–water partition coefficient (Wildman–Crippen LogP) is 1.52. The van der Waals surface area contributed by atoms with E-state index in [0.717, 1.165) is 13.0 Å². The van der Waals surface area contributed by atoms with Gasteiger partial charge in [-0.25, -0.2) is 0 Å². The van der Waals surface area contributed by atoms with Gasteiger partial charge in [-0.3, -0.25) is 4.79 Å². The molecule has 0 radical (unpaired) electrons. The lowest BCUT2D eigenvalue weighted by Gasteiger charge is -2.07. The Balaban J connectivity index is 3.22. The number of ether oxygens (including phenoxy) is 1. The normalized spacial score (nSPS) is 12.9. The van der Waals surface area contributed by atoms with Gasteiger partial charge in [-0.2, -0.15) is 0 Å². The van der Waals surface area contributed by atoms with Crippen LogP contribution in [0, 0.1) is 5.92 Å². The van der Waals surface area contributed by atoms with Crippen molar-refractivity contribution >= 4 is 5.97 Å². The van der Waals surface area contributed by atoms with Gasteiger partial charge in [0.1, 0.15) is 0 Å². The molecule has 0 saturated heterocycles. The monoisotopic (exact) mass is 160 g/mol. The second kappa shape index (κ2) is 6.16. The first kappa shape index (κ1) is 10.4. The standard InChI is InChI=1S/C8H16O3/c1-3-4-11-6-7(2)5-8(9)10/h7H,3-6H2,1-2H3,(H,9,10). The maximum Gasteiger partial charge on any atom is 0.303 e. The predicted molar refractivity (Wildman–Crippen MR) is 42.5 cm³/mol. The van der Waals surface area contributed by atoms with E-state index in [1.165, 1.54) is 0 Å². The maximum absolute atomic E-state index is 10.2. The molecule has 0 bridgehead atoms. The van der Waals surface area contributed by atoms with Crippen LogP contribution in [-0.2, 0) is 9.53 Å². The summed E-state index contributed by atoms with van der Waals surface area (Å²) in [6.45, 7) is 5.19. The second-order valence-electron chi connectivity index (χ2n) is 2.78. The third-order valence-corrected chi connectivity index (χ3v) is 1.27. The summed E-state index contributed by atoms with van der Waals surface area (Å²) in [6.07, 6.45) is 1.18. The Morgan fingerprint density at radius 3 is 2.73 bits per heavy atom. The van der Waals surface area contributed by atoms with Crippen molar-refractivity contribution in [3.8, 4) is 0 Å². The molecule has 1 atom stereocenters. The minimum Gasteiger partial charge on any atom is -0.481 e. The molecule has 1 unspecified atom stereocenters. The third kappa shape index (κ3) is 7.33. The van der Waals surface area contributed by atoms with Crippen molar-refractivity contribution in [3.63, 3.8) is 0 Å². The quantitative estimate of drug-likeness (QED) is 0.599. The minimum atomic E-state index is -0.752. The Bertz CT molecular complexity index is 112. The average molecular weight is 160 g/mol. The lowest BCUT2D eigenvalue weighted by Crippen LogP contribution is -2.11. The molecular weight excluding hydrogens is 144 g/mol. The molecule has 3 nitrogen and oxygen atoms in total. The smallest absolute Gasteiger partial charge is 0.303 e. The zero-order chi connectivity index (χ0) is 8.69. The molecular formula is C8H16O3. The van der Waals surface area contributed by atoms with Crippen LogP contribution in [0.2, 0.25) is 0 Å². The van der Waals surface area contributed by atoms with Gasteiger partial charge in [0.05, 0.1) is 6.42 Å². The highest BCUT2D eigenvalue weighted by Crippen LogP contribution is 2.01. The Morgan fingerprint density at radius 1 is 1.64 bits per heavy atom. The Kier molecular flexibility index (Phi) is 5.84. The molecule has 0 aromatic heterocycles. The molecule has 0 spiro atoms. The number of hydrogen-bond donors (Lipinski definition) is 1. The summed E-state index contributed by atoms with van der Waals surface area (Å²) in [4.78, 5) is 10.2. The van der Waals surface area contributed by atoms with Crippen LogP contribution >= 0.6 is 0 Å². The maximum atomic E-state index is 10.2. The van der Waals surface area contributed by atoms with Gasteiger partial charge in [-0.1, -0.05) is 13.8 Å². The van der Waals surface area contributed by atoms with E-state index in [-0.39, 0.29) is 12.3 Å². The molecule has 0 aliphatic heterocycles. The van der Waals surface area contributed by atoms with Crippen LogP contribution in [0.5, 0.6) is 0 Å². The summed E-state index contributed by atoms with van der Waals surface area (Å²) in [5.74, 6) is -0.628. The fourth-order valence-corrected chi connectivity index (χ4v) is 0.786. The van der Waals surface area contributed by atoms with E-state index in [9.17, 15) is 4.79 Å². The number of hydrogen-bond acceptors (Lipinski definition) is 2. The summed E-state index contributed by atoms with van der Waals surface area (Å²) in [5.41, 5.74) is 0. The van der Waals surface area contributed by atoms with Gasteiger partial charge < -0.3 is 9.84 Å². The number of carbonyl (C=O) groups is 1. The minimum absolute atomic E-state index is 0.124. The summed E-state index contributed by atoms with van der Waals surface area (Å²) < 4.78 is 5.18. The van der Waals surface area contributed by atoms with Crippen molar-refractivity contribution in [1.29, 1.82) is 0 Å². The SMILES string of the molecule is CCCOCC(C)CC(=O)O. The van der Waals surface area contributed by atoms with E-state index < -0.39 is 5.97 Å². The van der Waals surface area contributed by atoms with Crippen molar-refractivity contribution < 1.29 is 14.6 Å². The van der Waals surface area contributed by atoms with Crippen LogP contribution in [0.15, 0.2) is 0 Å². The van der Waals surface area contributed by atoms with Gasteiger partial charge in [0.2, 0.25) is 0 Å². The van der Waals surface area contributed by atoms with Crippen LogP contribution in [0.3, 0.4) is 0 Å². The topological polar surface area (TPSA) is 46.5 Å². The van der Waals surface area contributed by atoms with Crippen LogP contribution in [0.4, 0.5) is 0 Å². The van der Waals surface area contributed by atoms with E-state index >= 15 is 0 Å². The van der Waals surface area contributed by atoms with Crippen molar-refractivity contribution in [3.05, 3.63) is 0 Å². The molecule has 0 aromatic carbocycles. The fraction of sp³-hybridized carbons (Fsp3) is 0.875. The first-order valence-corrected chi connectivity index (χ1v) is 3.96. The second-order valence-corrected chi connectivity index (χ2v) is 2.78. The highest BCUT2D eigenvalue weighted by Gasteiger charge is 2.06. The Morgan fingerprint density at radius 2 is 2.27 bits per heavy atom. The number of carboxylic acids is 1. The Labute approximate surface area is 67.4 Å². The van der Waals surface area contributed by atoms with Crippen molar-refractivity contribution in [2.24, 2.45) is 5.92 Å². The molecule has 11 heavy (non-hydrogen) atoms. The van der Waals surface area contributed by atoms with Crippen molar-refractivity contribution in [2.45, 2.75) is 26.7 Å². The van der Waals surface area contributed by atoms with Gasteiger partial charge >= 0.3 is 5.97 Å². The van der Waals surface area contributed by atoms with E-state index in [4.69, 9.17) is 9.84 Å². The molecule has 0 amide bonds. The van der Waals surface area contributed by atoms with Gasteiger partial charge in [-0.05, 0) is 12.3 Å². The summed E-state index contributed by atoms with van der Waals surface area (Å²) in [5, 5.41) is 8.38. The van der Waals surface area contributed by atoms with Crippen molar-refractivity contribution in [2.75, 3.05) is 13.2 Å². The molecule has 0 aromatic rings. The molecule has 0 saturated carbocycles. The lowest BCUT2D eigenvalue weighted by molar-refractivity contribution is -0.138. The molecule has 0 aliphatic carbocycles. The van der Waals surface area contributed by atoms with Gasteiger partial charge in [0.15, 0.2) is 0 Å². The van der Waals surface area contributed by atoms with Crippen LogP contribution in [0.1, 0.15) is 26.7 Å². The summed E-state index contributed by atoms with van der Waals surface area (Å²) >= 11 is 0. The number of rotatable bonds is 6. The number of aliphatic carboxylic acids is 1. The van der Waals surface area contributed by atoms with Gasteiger partial charge in [0, 0.05) is 13.2 Å². The van der Waals surface area contributed by atoms with Crippen LogP contribution in [-0.4, -0.2) is 24.3 Å². The molecule has 0 rings (SSSR count). The van der Waals surface area contributed by atoms with Crippen molar-refractivity contribution in [1.82, 2.24) is 0 Å². The average Bonchev–Trinajstić information content (AvgIpc) is 1.86. The Hall–Kier alpha value is -0.570. The van der Waals surface area contributed by atoms with E-state index in [1.54, 1.807) is 0 Å². The first-order chi connectivity index (χ1) is 5.16. The molecule has 0 aliphatic rings. The third-order valence-electron chi connectivity index (χ3n) is 1.27. The lowest BCUT2D eigenvalue weighted by atomic mass is 10.1. The van der Waals surface area contributed by atoms with Crippen LogP contribution in [0.25, 0.3) is 0 Å².